The standard InChI is InChI=1S/C20H21FN2O2/c21-16-2-1-3-17(10-16)25-18-9-4-13(11-22-18)12-23-20(24)19(14-5-6-14)15-7-8-15/h1-4,9-11,14-15,19H,5-8,12H2,(H,23,24). The fourth-order valence-electron chi connectivity index (χ4n) is 3.26. The van der Waals surface area contributed by atoms with Crippen LogP contribution < -0.4 is 10.1 Å². The molecule has 0 aliphatic heterocycles. The highest BCUT2D eigenvalue weighted by atomic mass is 19.1. The number of ether oxygens (including phenoxy) is 1. The van der Waals surface area contributed by atoms with Crippen molar-refractivity contribution in [2.45, 2.75) is 32.2 Å². The maximum Gasteiger partial charge on any atom is 0.223 e. The van der Waals surface area contributed by atoms with E-state index in [1.54, 1.807) is 24.4 Å². The van der Waals surface area contributed by atoms with Crippen molar-refractivity contribution in [2.75, 3.05) is 0 Å². The maximum absolute atomic E-state index is 13.2. The Bertz CT molecular complexity index is 743. The molecular formula is C20H21FN2O2. The fourth-order valence-corrected chi connectivity index (χ4v) is 3.26. The molecule has 4 rings (SSSR count). The lowest BCUT2D eigenvalue weighted by atomic mass is 9.97. The SMILES string of the molecule is O=C(NCc1ccc(Oc2cccc(F)c2)nc1)C(C1CC1)C1CC1. The van der Waals surface area contributed by atoms with Crippen LogP contribution in [0.15, 0.2) is 42.6 Å². The highest BCUT2D eigenvalue weighted by molar-refractivity contribution is 5.80. The molecule has 0 radical (unpaired) electrons. The largest absolute Gasteiger partial charge is 0.439 e. The van der Waals surface area contributed by atoms with Gasteiger partial charge in [0.1, 0.15) is 11.6 Å². The second-order valence-electron chi connectivity index (χ2n) is 6.98. The monoisotopic (exact) mass is 340 g/mol. The molecule has 2 fully saturated rings. The van der Waals surface area contributed by atoms with Crippen LogP contribution in [-0.2, 0) is 11.3 Å². The van der Waals surface area contributed by atoms with E-state index in [4.69, 9.17) is 4.74 Å². The number of nitrogens with zero attached hydrogens (tertiary/aromatic N) is 1. The first kappa shape index (κ1) is 16.1. The van der Waals surface area contributed by atoms with Crippen molar-refractivity contribution in [3.63, 3.8) is 0 Å². The van der Waals surface area contributed by atoms with Crippen molar-refractivity contribution >= 4 is 5.91 Å². The summed E-state index contributed by atoms with van der Waals surface area (Å²) in [7, 11) is 0. The second-order valence-corrected chi connectivity index (χ2v) is 6.98. The number of carbonyl (C=O) groups excluding carboxylic acids is 1. The van der Waals surface area contributed by atoms with Gasteiger partial charge in [0.25, 0.3) is 0 Å². The van der Waals surface area contributed by atoms with Crippen LogP contribution in [0.3, 0.4) is 0 Å². The molecule has 0 spiro atoms. The van der Waals surface area contributed by atoms with Crippen LogP contribution in [0, 0.1) is 23.6 Å². The minimum Gasteiger partial charge on any atom is -0.439 e. The zero-order chi connectivity index (χ0) is 17.2. The molecule has 2 aromatic rings. The quantitative estimate of drug-likeness (QED) is 0.827. The minimum atomic E-state index is -0.349. The van der Waals surface area contributed by atoms with Crippen LogP contribution in [-0.4, -0.2) is 10.9 Å². The average molecular weight is 340 g/mol. The Morgan fingerprint density at radius 2 is 1.96 bits per heavy atom. The van der Waals surface area contributed by atoms with Crippen LogP contribution in [0.2, 0.25) is 0 Å². The van der Waals surface area contributed by atoms with Gasteiger partial charge >= 0.3 is 0 Å². The Kier molecular flexibility index (Phi) is 4.38. The first-order chi connectivity index (χ1) is 12.2. The number of halogens is 1. The molecule has 2 saturated carbocycles. The molecule has 5 heteroatoms. The molecule has 1 amide bonds. The average Bonchev–Trinajstić information content (AvgIpc) is 3.50. The third kappa shape index (κ3) is 4.16. The smallest absolute Gasteiger partial charge is 0.223 e. The predicted octanol–water partition coefficient (Wildman–Crippen LogP) is 4.07. The molecule has 0 bridgehead atoms. The van der Waals surface area contributed by atoms with E-state index in [9.17, 15) is 9.18 Å². The summed E-state index contributed by atoms with van der Waals surface area (Å²) in [5.74, 6) is 2.06. The summed E-state index contributed by atoms with van der Waals surface area (Å²) in [6.45, 7) is 0.474. The van der Waals surface area contributed by atoms with Crippen molar-refractivity contribution in [3.8, 4) is 11.6 Å². The lowest BCUT2D eigenvalue weighted by molar-refractivity contribution is -0.126. The number of aromatic nitrogens is 1. The van der Waals surface area contributed by atoms with E-state index in [0.717, 1.165) is 5.56 Å². The van der Waals surface area contributed by atoms with E-state index >= 15 is 0 Å². The van der Waals surface area contributed by atoms with E-state index in [-0.39, 0.29) is 17.6 Å². The van der Waals surface area contributed by atoms with Crippen LogP contribution in [0.5, 0.6) is 11.6 Å². The number of pyridine rings is 1. The van der Waals surface area contributed by atoms with E-state index in [0.29, 0.717) is 30.0 Å². The number of amides is 1. The highest BCUT2D eigenvalue weighted by Crippen LogP contribution is 2.49. The second kappa shape index (κ2) is 6.82. The first-order valence-corrected chi connectivity index (χ1v) is 8.85. The van der Waals surface area contributed by atoms with Crippen molar-refractivity contribution in [2.24, 2.45) is 17.8 Å². The normalized spacial score (nSPS) is 16.7. The number of nitrogens with one attached hydrogen (secondary N) is 1. The molecular weight excluding hydrogens is 319 g/mol. The highest BCUT2D eigenvalue weighted by Gasteiger charge is 2.45. The van der Waals surface area contributed by atoms with Crippen LogP contribution >= 0.6 is 0 Å². The van der Waals surface area contributed by atoms with Gasteiger partial charge in [0.15, 0.2) is 0 Å². The Hall–Kier alpha value is -2.43. The lowest BCUT2D eigenvalue weighted by Crippen LogP contribution is -2.32. The molecule has 130 valence electrons. The zero-order valence-electron chi connectivity index (χ0n) is 14.0. The number of carbonyl (C=O) groups is 1. The van der Waals surface area contributed by atoms with Crippen molar-refractivity contribution in [3.05, 3.63) is 54.0 Å². The Morgan fingerprint density at radius 3 is 2.56 bits per heavy atom. The van der Waals surface area contributed by atoms with Crippen LogP contribution in [0.4, 0.5) is 4.39 Å². The molecule has 4 nitrogen and oxygen atoms in total. The van der Waals surface area contributed by atoms with Gasteiger partial charge in [-0.1, -0.05) is 12.1 Å². The fraction of sp³-hybridized carbons (Fsp3) is 0.400. The zero-order valence-corrected chi connectivity index (χ0v) is 14.0. The van der Waals surface area contributed by atoms with E-state index < -0.39 is 0 Å². The molecule has 0 atom stereocenters. The number of rotatable bonds is 7. The molecule has 1 heterocycles. The predicted molar refractivity (Wildman–Crippen MR) is 91.5 cm³/mol. The van der Waals surface area contributed by atoms with Gasteiger partial charge in [0.2, 0.25) is 11.8 Å². The molecule has 1 aromatic carbocycles. The Balaban J connectivity index is 1.32. The lowest BCUT2D eigenvalue weighted by Gasteiger charge is -2.15. The summed E-state index contributed by atoms with van der Waals surface area (Å²) in [6.07, 6.45) is 6.47. The summed E-state index contributed by atoms with van der Waals surface area (Å²) in [4.78, 5) is 16.7. The molecule has 0 unspecified atom stereocenters. The van der Waals surface area contributed by atoms with Gasteiger partial charge in [0.05, 0.1) is 0 Å². The Morgan fingerprint density at radius 1 is 1.20 bits per heavy atom. The maximum atomic E-state index is 13.2. The van der Waals surface area contributed by atoms with E-state index in [1.165, 1.54) is 37.8 Å². The van der Waals surface area contributed by atoms with Gasteiger partial charge in [-0.3, -0.25) is 4.79 Å². The first-order valence-electron chi connectivity index (χ1n) is 8.85. The molecule has 2 aliphatic rings. The van der Waals surface area contributed by atoms with Crippen molar-refractivity contribution < 1.29 is 13.9 Å². The van der Waals surface area contributed by atoms with Gasteiger partial charge in [0, 0.05) is 30.8 Å². The summed E-state index contributed by atoms with van der Waals surface area (Å²) in [5, 5.41) is 3.05. The summed E-state index contributed by atoms with van der Waals surface area (Å²) >= 11 is 0. The van der Waals surface area contributed by atoms with Gasteiger partial charge in [-0.05, 0) is 55.2 Å². The molecule has 2 aliphatic carbocycles. The van der Waals surface area contributed by atoms with Crippen molar-refractivity contribution in [1.29, 1.82) is 0 Å². The molecule has 0 saturated heterocycles. The minimum absolute atomic E-state index is 0.185. The summed E-state index contributed by atoms with van der Waals surface area (Å²) in [6, 6.07) is 9.53. The molecule has 25 heavy (non-hydrogen) atoms. The van der Waals surface area contributed by atoms with Gasteiger partial charge in [-0.15, -0.1) is 0 Å². The molecule has 1 N–H and O–H groups in total. The van der Waals surface area contributed by atoms with Gasteiger partial charge in [-0.2, -0.15) is 0 Å². The number of hydrogen-bond acceptors (Lipinski definition) is 3. The van der Waals surface area contributed by atoms with E-state index in [1.807, 2.05) is 6.07 Å². The Labute approximate surface area is 146 Å². The topological polar surface area (TPSA) is 51.2 Å². The number of benzene rings is 1. The molecule has 1 aromatic heterocycles. The summed E-state index contributed by atoms with van der Waals surface area (Å²) in [5.41, 5.74) is 0.922. The third-order valence-corrected chi connectivity index (χ3v) is 4.85. The van der Waals surface area contributed by atoms with Crippen molar-refractivity contribution in [1.82, 2.24) is 10.3 Å². The van der Waals surface area contributed by atoms with E-state index in [2.05, 4.69) is 10.3 Å². The third-order valence-electron chi connectivity index (χ3n) is 4.85. The van der Waals surface area contributed by atoms with Gasteiger partial charge < -0.3 is 10.1 Å². The van der Waals surface area contributed by atoms with Crippen LogP contribution in [0.25, 0.3) is 0 Å². The van der Waals surface area contributed by atoms with Crippen LogP contribution in [0.1, 0.15) is 31.2 Å². The number of hydrogen-bond donors (Lipinski definition) is 1. The summed E-state index contributed by atoms with van der Waals surface area (Å²) < 4.78 is 18.7. The van der Waals surface area contributed by atoms with Gasteiger partial charge in [-0.25, -0.2) is 9.37 Å².